The van der Waals surface area contributed by atoms with Crippen molar-refractivity contribution in [2.75, 3.05) is 10.6 Å². The smallest absolute Gasteiger partial charge is 0.0384 e. The van der Waals surface area contributed by atoms with Gasteiger partial charge in [0.25, 0.3) is 0 Å². The van der Waals surface area contributed by atoms with Crippen molar-refractivity contribution in [2.45, 2.75) is 0 Å². The predicted octanol–water partition coefficient (Wildman–Crippen LogP) is 12.5. The minimum atomic E-state index is 1.05. The fourth-order valence-electron chi connectivity index (χ4n) is 6.42. The number of benzene rings is 8. The Labute approximate surface area is 281 Å². The second kappa shape index (κ2) is 13.2. The van der Waals surface area contributed by atoms with Gasteiger partial charge in [-0.1, -0.05) is 133 Å². The van der Waals surface area contributed by atoms with Crippen molar-refractivity contribution in [1.29, 1.82) is 0 Å². The van der Waals surface area contributed by atoms with E-state index < -0.39 is 0 Å². The molecule has 0 spiro atoms. The maximum absolute atomic E-state index is 3.55. The highest BCUT2D eigenvalue weighted by atomic mass is 14.9. The number of nitrogens with one attached hydrogen (secondary N) is 2. The van der Waals surface area contributed by atoms with E-state index in [4.69, 9.17) is 0 Å². The normalized spacial score (nSPS) is 11.7. The van der Waals surface area contributed by atoms with Crippen LogP contribution in [0.3, 0.4) is 0 Å². The number of para-hydroxylation sites is 2. The highest BCUT2D eigenvalue weighted by Gasteiger charge is 2.18. The van der Waals surface area contributed by atoms with E-state index in [0.29, 0.717) is 0 Å². The highest BCUT2D eigenvalue weighted by molar-refractivity contribution is 6.07. The van der Waals surface area contributed by atoms with Crippen LogP contribution in [0.15, 0.2) is 194 Å². The number of fused-ring (bicyclic) bond motifs is 2. The number of hydrogen-bond acceptors (Lipinski definition) is 2. The van der Waals surface area contributed by atoms with Crippen LogP contribution in [0.2, 0.25) is 0 Å². The van der Waals surface area contributed by atoms with Crippen LogP contribution in [0.25, 0.3) is 32.7 Å². The van der Waals surface area contributed by atoms with Gasteiger partial charge in [0.15, 0.2) is 0 Å². The fourth-order valence-corrected chi connectivity index (χ4v) is 6.42. The molecule has 0 atom stereocenters. The number of rotatable bonds is 8. The van der Waals surface area contributed by atoms with Crippen molar-refractivity contribution >= 4 is 55.4 Å². The lowest BCUT2D eigenvalue weighted by molar-refractivity contribution is 1.49. The largest absolute Gasteiger partial charge is 0.356 e. The fraction of sp³-hybridized carbons (Fsp3) is 0. The minimum Gasteiger partial charge on any atom is -0.356 e. The zero-order chi connectivity index (χ0) is 32.1. The molecule has 2 heteroatoms. The van der Waals surface area contributed by atoms with Gasteiger partial charge >= 0.3 is 0 Å². The van der Waals surface area contributed by atoms with Crippen LogP contribution in [-0.4, -0.2) is 0 Å². The molecular weight excluding hydrogens is 581 g/mol. The molecule has 0 radical (unpaired) electrons. The first-order valence-corrected chi connectivity index (χ1v) is 16.3. The van der Waals surface area contributed by atoms with E-state index in [9.17, 15) is 0 Å². The van der Waals surface area contributed by atoms with Crippen molar-refractivity contribution in [3.63, 3.8) is 0 Å². The monoisotopic (exact) mass is 614 g/mol. The van der Waals surface area contributed by atoms with E-state index in [2.05, 4.69) is 168 Å². The van der Waals surface area contributed by atoms with E-state index in [1.807, 2.05) is 36.4 Å². The Morgan fingerprint density at radius 2 is 0.562 bits per heavy atom. The summed E-state index contributed by atoms with van der Waals surface area (Å²) in [4.78, 5) is 0. The molecule has 0 saturated heterocycles. The van der Waals surface area contributed by atoms with Crippen LogP contribution in [0.1, 0.15) is 22.3 Å². The molecule has 8 aromatic rings. The lowest BCUT2D eigenvalue weighted by atomic mass is 9.84. The second-order valence-electron chi connectivity index (χ2n) is 12.0. The second-order valence-corrected chi connectivity index (χ2v) is 12.0. The molecule has 228 valence electrons. The van der Waals surface area contributed by atoms with Gasteiger partial charge in [-0.3, -0.25) is 0 Å². The van der Waals surface area contributed by atoms with Gasteiger partial charge in [0.1, 0.15) is 0 Å². The molecule has 0 aliphatic heterocycles. The summed E-state index contributed by atoms with van der Waals surface area (Å²) >= 11 is 0. The summed E-state index contributed by atoms with van der Waals surface area (Å²) in [5.41, 5.74) is 11.2. The van der Waals surface area contributed by atoms with Gasteiger partial charge in [0.2, 0.25) is 0 Å². The summed E-state index contributed by atoms with van der Waals surface area (Å²) in [5, 5.41) is 12.0. The Morgan fingerprint density at radius 1 is 0.250 bits per heavy atom. The predicted molar refractivity (Wildman–Crippen MR) is 205 cm³/mol. The van der Waals surface area contributed by atoms with Gasteiger partial charge in [-0.15, -0.1) is 0 Å². The van der Waals surface area contributed by atoms with Gasteiger partial charge in [-0.25, -0.2) is 0 Å². The van der Waals surface area contributed by atoms with Crippen molar-refractivity contribution in [1.82, 2.24) is 0 Å². The van der Waals surface area contributed by atoms with Crippen LogP contribution in [-0.2, 0) is 0 Å². The summed E-state index contributed by atoms with van der Waals surface area (Å²) in [5.74, 6) is 0. The maximum Gasteiger partial charge on any atom is 0.0384 e. The Kier molecular flexibility index (Phi) is 7.96. The van der Waals surface area contributed by atoms with Crippen LogP contribution in [0.5, 0.6) is 0 Å². The van der Waals surface area contributed by atoms with E-state index in [-0.39, 0.29) is 0 Å². The van der Waals surface area contributed by atoms with Gasteiger partial charge in [-0.2, -0.15) is 0 Å². The molecule has 2 nitrogen and oxygen atoms in total. The molecule has 0 amide bonds. The van der Waals surface area contributed by atoms with Gasteiger partial charge < -0.3 is 10.6 Å². The quantitative estimate of drug-likeness (QED) is 0.166. The average molecular weight is 615 g/mol. The first-order chi connectivity index (χ1) is 23.8. The maximum atomic E-state index is 3.55. The lowest BCUT2D eigenvalue weighted by Gasteiger charge is -2.20. The first kappa shape index (κ1) is 29.1. The molecule has 0 saturated carbocycles. The zero-order valence-corrected chi connectivity index (χ0v) is 26.5. The molecule has 0 bridgehead atoms. The van der Waals surface area contributed by atoms with E-state index >= 15 is 0 Å². The number of anilines is 4. The van der Waals surface area contributed by atoms with Gasteiger partial charge in [0.05, 0.1) is 0 Å². The van der Waals surface area contributed by atoms with Crippen LogP contribution < -0.4 is 10.6 Å². The van der Waals surface area contributed by atoms with Gasteiger partial charge in [0, 0.05) is 22.7 Å². The zero-order valence-electron chi connectivity index (χ0n) is 26.5. The third kappa shape index (κ3) is 6.20. The van der Waals surface area contributed by atoms with Gasteiger partial charge in [-0.05, 0) is 116 Å². The summed E-state index contributed by atoms with van der Waals surface area (Å²) in [7, 11) is 0. The van der Waals surface area contributed by atoms with Crippen molar-refractivity contribution < 1.29 is 0 Å². The molecular formula is C46H34N2. The third-order valence-corrected chi connectivity index (χ3v) is 8.80. The summed E-state index contributed by atoms with van der Waals surface area (Å²) < 4.78 is 0. The summed E-state index contributed by atoms with van der Waals surface area (Å²) in [6.07, 6.45) is 0. The highest BCUT2D eigenvalue weighted by Crippen LogP contribution is 2.39. The molecule has 0 aromatic heterocycles. The van der Waals surface area contributed by atoms with E-state index in [0.717, 1.165) is 33.9 Å². The molecule has 0 heterocycles. The van der Waals surface area contributed by atoms with Crippen molar-refractivity contribution in [3.8, 4) is 0 Å². The van der Waals surface area contributed by atoms with E-state index in [1.165, 1.54) is 43.8 Å². The Balaban J connectivity index is 1.33. The molecule has 0 unspecified atom stereocenters. The first-order valence-electron chi connectivity index (χ1n) is 16.3. The summed E-state index contributed by atoms with van der Waals surface area (Å²) in [6.45, 7) is 0. The summed E-state index contributed by atoms with van der Waals surface area (Å²) in [6, 6.07) is 69.1. The van der Waals surface area contributed by atoms with Crippen molar-refractivity contribution in [2.24, 2.45) is 0 Å². The van der Waals surface area contributed by atoms with E-state index in [1.54, 1.807) is 0 Å². The molecule has 0 fully saturated rings. The Morgan fingerprint density at radius 3 is 0.958 bits per heavy atom. The molecule has 8 rings (SSSR count). The molecule has 0 aliphatic carbocycles. The molecule has 8 aromatic carbocycles. The van der Waals surface area contributed by atoms with Crippen LogP contribution in [0.4, 0.5) is 22.7 Å². The molecule has 48 heavy (non-hydrogen) atoms. The number of hydrogen-bond donors (Lipinski definition) is 2. The molecule has 2 N–H and O–H groups in total. The Bertz CT molecular complexity index is 2190. The van der Waals surface area contributed by atoms with Crippen LogP contribution in [0, 0.1) is 0 Å². The third-order valence-electron chi connectivity index (χ3n) is 8.80. The lowest BCUT2D eigenvalue weighted by Crippen LogP contribution is -1.99. The SMILES string of the molecule is c1ccc(Nc2ccc(C(=C(c3ccc(Nc4ccccc4)cc3)c3ccc4ccccc4c3)c3ccc4ccccc4c3)cc2)cc1. The standard InChI is InChI=1S/C46H34N2/c1-3-15-41(16-4-1)47-43-27-23-35(24-28-43)45(39-21-19-33-11-7-9-13-37(33)31-39)46(40-22-20-34-12-8-10-14-38(34)32-40)36-25-29-44(30-26-36)48-42-17-5-2-6-18-42/h1-32,47-48H. The average Bonchev–Trinajstić information content (AvgIpc) is 3.15. The van der Waals surface area contributed by atoms with Crippen molar-refractivity contribution in [3.05, 3.63) is 216 Å². The topological polar surface area (TPSA) is 24.1 Å². The molecule has 0 aliphatic rings. The Hall–Kier alpha value is -6.38. The van der Waals surface area contributed by atoms with Crippen LogP contribution >= 0.6 is 0 Å². The minimum absolute atomic E-state index is 1.05.